The van der Waals surface area contributed by atoms with Gasteiger partial charge in [0.15, 0.2) is 0 Å². The van der Waals surface area contributed by atoms with Crippen LogP contribution in [0.4, 0.5) is 0 Å². The Balaban J connectivity index is 0.000000405. The van der Waals surface area contributed by atoms with E-state index in [9.17, 15) is 0 Å². The van der Waals surface area contributed by atoms with Gasteiger partial charge in [-0.15, -0.1) is 0 Å². The molecule has 0 bridgehead atoms. The van der Waals surface area contributed by atoms with Gasteiger partial charge in [-0.05, 0) is 0 Å². The summed E-state index contributed by atoms with van der Waals surface area (Å²) in [6.07, 6.45) is 10.5. The molecule has 1 atom stereocenters. The Hall–Kier alpha value is 0.337. The summed E-state index contributed by atoms with van der Waals surface area (Å²) < 4.78 is 0. The Morgan fingerprint density at radius 3 is 3.00 bits per heavy atom. The van der Waals surface area contributed by atoms with Gasteiger partial charge in [0.1, 0.15) is 0 Å². The molecular formula is C8H11Li. The Bertz CT molecular complexity index is 127. The molecule has 2 aliphatic carbocycles. The van der Waals surface area contributed by atoms with Gasteiger partial charge in [0.05, 0.1) is 0 Å². The van der Waals surface area contributed by atoms with Crippen molar-refractivity contribution < 1.29 is 18.9 Å². The van der Waals surface area contributed by atoms with Gasteiger partial charge in [-0.3, -0.25) is 5.57 Å². The minimum atomic E-state index is 0. The predicted octanol–water partition coefficient (Wildman–Crippen LogP) is -0.686. The van der Waals surface area contributed by atoms with Crippen LogP contribution in [-0.4, -0.2) is 0 Å². The van der Waals surface area contributed by atoms with E-state index in [0.29, 0.717) is 0 Å². The molecule has 0 amide bonds. The van der Waals surface area contributed by atoms with Gasteiger partial charge in [-0.25, -0.2) is 0 Å². The first-order valence-corrected chi connectivity index (χ1v) is 3.59. The average Bonchev–Trinajstić information content (AvgIpc) is 2.36. The Morgan fingerprint density at radius 1 is 1.22 bits per heavy atom. The molecule has 2 aliphatic rings. The molecule has 0 spiro atoms. The number of hydrogen-bond acceptors (Lipinski definition) is 0. The summed E-state index contributed by atoms with van der Waals surface area (Å²) in [4.78, 5) is 0. The quantitative estimate of drug-likeness (QED) is 0.289. The van der Waals surface area contributed by atoms with Crippen molar-refractivity contribution >= 4 is 0 Å². The van der Waals surface area contributed by atoms with Crippen LogP contribution in [0.5, 0.6) is 0 Å². The summed E-state index contributed by atoms with van der Waals surface area (Å²) in [6.45, 7) is 0. The maximum Gasteiger partial charge on any atom is 1.00 e. The Labute approximate surface area is 68.9 Å². The molecule has 0 aliphatic heterocycles. The molecule has 9 heavy (non-hydrogen) atoms. The Morgan fingerprint density at radius 2 is 2.11 bits per heavy atom. The number of hydrogen-bond donors (Lipinski definition) is 0. The van der Waals surface area contributed by atoms with Crippen molar-refractivity contribution in [3.63, 3.8) is 0 Å². The number of rotatable bonds is 0. The van der Waals surface area contributed by atoms with Crippen LogP contribution in [0, 0.1) is 12.0 Å². The van der Waals surface area contributed by atoms with Crippen molar-refractivity contribution in [3.8, 4) is 0 Å². The largest absolute Gasteiger partial charge is 1.00 e. The molecule has 0 heterocycles. The zero-order chi connectivity index (χ0) is 5.40. The van der Waals surface area contributed by atoms with Gasteiger partial charge in [0.2, 0.25) is 0 Å². The van der Waals surface area contributed by atoms with Gasteiger partial charge in [0, 0.05) is 0 Å². The van der Waals surface area contributed by atoms with Crippen molar-refractivity contribution in [2.24, 2.45) is 5.92 Å². The summed E-state index contributed by atoms with van der Waals surface area (Å²) >= 11 is 0. The molecule has 1 unspecified atom stereocenters. The van der Waals surface area contributed by atoms with Crippen LogP contribution in [-0.2, 0) is 0 Å². The second kappa shape index (κ2) is 2.95. The molecule has 0 nitrogen and oxygen atoms in total. The van der Waals surface area contributed by atoms with E-state index in [2.05, 4.69) is 6.08 Å². The minimum absolute atomic E-state index is 0. The normalized spacial score (nSPS) is 31.1. The fourth-order valence-corrected chi connectivity index (χ4v) is 1.52. The van der Waals surface area contributed by atoms with Crippen LogP contribution >= 0.6 is 0 Å². The molecule has 2 rings (SSSR count). The summed E-state index contributed by atoms with van der Waals surface area (Å²) in [5.41, 5.74) is 1.64. The molecule has 0 aromatic heterocycles. The van der Waals surface area contributed by atoms with Crippen LogP contribution in [0.2, 0.25) is 0 Å². The minimum Gasteiger partial charge on any atom is -0.495 e. The third-order valence-electron chi connectivity index (χ3n) is 2.14. The molecule has 1 fully saturated rings. The van der Waals surface area contributed by atoms with Gasteiger partial charge < -0.3 is 6.08 Å². The van der Waals surface area contributed by atoms with Crippen LogP contribution in [0.15, 0.2) is 5.57 Å². The third kappa shape index (κ3) is 1.63. The molecule has 44 valence electrons. The maximum atomic E-state index is 3.39. The van der Waals surface area contributed by atoms with Gasteiger partial charge in [-0.2, -0.15) is 5.92 Å². The van der Waals surface area contributed by atoms with E-state index < -0.39 is 0 Å². The average molecular weight is 114 g/mol. The summed E-state index contributed by atoms with van der Waals surface area (Å²) in [5.74, 6) is 0.859. The predicted molar refractivity (Wildman–Crippen MR) is 33.3 cm³/mol. The van der Waals surface area contributed by atoms with E-state index in [-0.39, 0.29) is 18.9 Å². The molecule has 1 heteroatoms. The summed E-state index contributed by atoms with van der Waals surface area (Å²) in [6, 6.07) is 0. The monoisotopic (exact) mass is 114 g/mol. The number of allylic oxidation sites excluding steroid dienone is 2. The zero-order valence-corrected chi connectivity index (χ0v) is 6.11. The van der Waals surface area contributed by atoms with E-state index in [1.807, 2.05) is 0 Å². The smallest absolute Gasteiger partial charge is 0.495 e. The Kier molecular flexibility index (Phi) is 2.44. The molecular weight excluding hydrogens is 103 g/mol. The van der Waals surface area contributed by atoms with Crippen molar-refractivity contribution in [1.29, 1.82) is 0 Å². The topological polar surface area (TPSA) is 0 Å². The van der Waals surface area contributed by atoms with E-state index in [0.717, 1.165) is 5.92 Å². The molecule has 0 saturated heterocycles. The van der Waals surface area contributed by atoms with E-state index >= 15 is 0 Å². The van der Waals surface area contributed by atoms with Crippen molar-refractivity contribution in [2.45, 2.75) is 32.1 Å². The SMILES string of the molecule is [C-]1=C2CCCCCC12.[Li+]. The van der Waals surface area contributed by atoms with Crippen LogP contribution in [0.3, 0.4) is 0 Å². The molecule has 0 aromatic rings. The number of fused-ring (bicyclic) bond motifs is 1. The first-order chi connectivity index (χ1) is 3.97. The zero-order valence-electron chi connectivity index (χ0n) is 6.11. The van der Waals surface area contributed by atoms with Gasteiger partial charge in [-0.1, -0.05) is 32.1 Å². The van der Waals surface area contributed by atoms with Crippen molar-refractivity contribution in [3.05, 3.63) is 11.6 Å². The van der Waals surface area contributed by atoms with E-state index in [1.165, 1.54) is 32.1 Å². The van der Waals surface area contributed by atoms with Crippen LogP contribution in [0.25, 0.3) is 0 Å². The second-order valence-electron chi connectivity index (χ2n) is 2.82. The fraction of sp³-hybridized carbons (Fsp3) is 0.750. The second-order valence-corrected chi connectivity index (χ2v) is 2.82. The van der Waals surface area contributed by atoms with Crippen molar-refractivity contribution in [1.82, 2.24) is 0 Å². The van der Waals surface area contributed by atoms with Crippen LogP contribution < -0.4 is 18.9 Å². The van der Waals surface area contributed by atoms with Gasteiger partial charge >= 0.3 is 18.9 Å². The van der Waals surface area contributed by atoms with E-state index in [1.54, 1.807) is 5.57 Å². The van der Waals surface area contributed by atoms with Gasteiger partial charge in [0.25, 0.3) is 0 Å². The molecule has 0 aromatic carbocycles. The summed E-state index contributed by atoms with van der Waals surface area (Å²) in [7, 11) is 0. The molecule has 0 N–H and O–H groups in total. The van der Waals surface area contributed by atoms with E-state index in [4.69, 9.17) is 0 Å². The first-order valence-electron chi connectivity index (χ1n) is 3.59. The third-order valence-corrected chi connectivity index (χ3v) is 2.14. The van der Waals surface area contributed by atoms with Crippen molar-refractivity contribution in [2.75, 3.05) is 0 Å². The standard InChI is InChI=1S/C8H11.Li/c1-2-4-7-6-8(7)5-3-1;/h7H,1-5H2;/q-1;+1. The molecule has 1 saturated carbocycles. The van der Waals surface area contributed by atoms with Crippen LogP contribution in [0.1, 0.15) is 32.1 Å². The first kappa shape index (κ1) is 7.44. The summed E-state index contributed by atoms with van der Waals surface area (Å²) in [5, 5.41) is 0. The maximum absolute atomic E-state index is 3.39. The fourth-order valence-electron chi connectivity index (χ4n) is 1.52. The molecule has 0 radical (unpaired) electrons.